The monoisotopic (exact) mass is 438 g/mol. The molecule has 0 unspecified atom stereocenters. The Morgan fingerprint density at radius 2 is 1.82 bits per heavy atom. The van der Waals surface area contributed by atoms with E-state index in [9.17, 15) is 10.1 Å². The summed E-state index contributed by atoms with van der Waals surface area (Å²) in [5.74, 6) is 0.695. The minimum Gasteiger partial charge on any atom is -0.439 e. The van der Waals surface area contributed by atoms with Gasteiger partial charge in [0.1, 0.15) is 23.6 Å². The molecule has 0 bridgehead atoms. The molecular formula is C25H22N6O2. The summed E-state index contributed by atoms with van der Waals surface area (Å²) in [7, 11) is 1.74. The van der Waals surface area contributed by atoms with E-state index in [4.69, 9.17) is 10.00 Å². The van der Waals surface area contributed by atoms with E-state index in [-0.39, 0.29) is 22.7 Å². The van der Waals surface area contributed by atoms with Gasteiger partial charge in [-0.25, -0.2) is 14.8 Å². The van der Waals surface area contributed by atoms with E-state index in [0.717, 1.165) is 11.0 Å². The number of benzene rings is 1. The molecule has 1 aromatic carbocycles. The van der Waals surface area contributed by atoms with Gasteiger partial charge in [0.15, 0.2) is 0 Å². The molecule has 0 saturated carbocycles. The van der Waals surface area contributed by atoms with E-state index in [1.165, 1.54) is 12.3 Å². The van der Waals surface area contributed by atoms with Gasteiger partial charge in [-0.05, 0) is 29.7 Å². The first-order valence-electron chi connectivity index (χ1n) is 10.3. The van der Waals surface area contributed by atoms with E-state index >= 15 is 0 Å². The minimum absolute atomic E-state index is 0.0592. The predicted octanol–water partition coefficient (Wildman–Crippen LogP) is 4.38. The molecule has 0 aliphatic rings. The molecule has 3 aromatic heterocycles. The molecule has 0 radical (unpaired) electrons. The number of aromatic nitrogens is 4. The highest BCUT2D eigenvalue weighted by atomic mass is 16.5. The van der Waals surface area contributed by atoms with Crippen molar-refractivity contribution in [2.45, 2.75) is 27.3 Å². The largest absolute Gasteiger partial charge is 0.439 e. The summed E-state index contributed by atoms with van der Waals surface area (Å²) >= 11 is 0. The highest BCUT2D eigenvalue weighted by Crippen LogP contribution is 2.29. The second-order valence-corrected chi connectivity index (χ2v) is 8.94. The van der Waals surface area contributed by atoms with Crippen LogP contribution in [0, 0.1) is 28.1 Å². The van der Waals surface area contributed by atoms with Crippen LogP contribution in [0.1, 0.15) is 32.0 Å². The highest BCUT2D eigenvalue weighted by Gasteiger charge is 2.19. The molecule has 8 heteroatoms. The van der Waals surface area contributed by atoms with Gasteiger partial charge in [-0.15, -0.1) is 0 Å². The van der Waals surface area contributed by atoms with Gasteiger partial charge in [-0.1, -0.05) is 26.8 Å². The zero-order chi connectivity index (χ0) is 23.8. The van der Waals surface area contributed by atoms with Gasteiger partial charge in [-0.3, -0.25) is 9.13 Å². The number of fused-ring (bicyclic) bond motifs is 1. The van der Waals surface area contributed by atoms with Crippen molar-refractivity contribution in [3.8, 4) is 35.0 Å². The van der Waals surface area contributed by atoms with Crippen LogP contribution in [-0.2, 0) is 13.6 Å². The fourth-order valence-electron chi connectivity index (χ4n) is 3.65. The Morgan fingerprint density at radius 1 is 1.03 bits per heavy atom. The average molecular weight is 438 g/mol. The van der Waals surface area contributed by atoms with E-state index in [0.29, 0.717) is 29.1 Å². The number of hydrogen-bond acceptors (Lipinski definition) is 6. The van der Waals surface area contributed by atoms with Crippen molar-refractivity contribution in [1.29, 1.82) is 10.5 Å². The Bertz CT molecular complexity index is 1510. The SMILES string of the molecule is Cn1c(=O)n(CC(C)(C)C)c2ccc(-c3nc(Oc4ccnc(C#N)c4)ccc3C#N)cc21. The number of pyridine rings is 2. The zero-order valence-corrected chi connectivity index (χ0v) is 18.8. The van der Waals surface area contributed by atoms with Crippen LogP contribution in [0.3, 0.4) is 0 Å². The van der Waals surface area contributed by atoms with Gasteiger partial charge in [0, 0.05) is 37.5 Å². The number of nitrogens with zero attached hydrogens (tertiary/aromatic N) is 6. The van der Waals surface area contributed by atoms with Crippen LogP contribution in [0.2, 0.25) is 0 Å². The van der Waals surface area contributed by atoms with Crippen LogP contribution in [0.15, 0.2) is 53.5 Å². The Kier molecular flexibility index (Phi) is 5.45. The van der Waals surface area contributed by atoms with Crippen molar-refractivity contribution in [3.63, 3.8) is 0 Å². The summed E-state index contributed by atoms with van der Waals surface area (Å²) in [5, 5.41) is 18.7. The zero-order valence-electron chi connectivity index (χ0n) is 18.8. The van der Waals surface area contributed by atoms with Crippen LogP contribution >= 0.6 is 0 Å². The summed E-state index contributed by atoms with van der Waals surface area (Å²) in [5.41, 5.74) is 3.19. The first kappa shape index (κ1) is 21.8. The van der Waals surface area contributed by atoms with Crippen LogP contribution in [0.4, 0.5) is 0 Å². The number of ether oxygens (including phenoxy) is 1. The minimum atomic E-state index is -0.0893. The molecule has 0 fully saturated rings. The standard InChI is InChI=1S/C25H22N6O2/c1-25(2,3)15-31-20-7-5-16(11-21(20)30(4)24(31)32)23-17(13-26)6-8-22(29-23)33-19-9-10-28-18(12-19)14-27/h5-12H,15H2,1-4H3. The molecule has 0 saturated heterocycles. The fourth-order valence-corrected chi connectivity index (χ4v) is 3.65. The maximum Gasteiger partial charge on any atom is 0.328 e. The molecule has 4 rings (SSSR count). The number of aryl methyl sites for hydroxylation is 1. The Balaban J connectivity index is 1.79. The van der Waals surface area contributed by atoms with Crippen LogP contribution in [0.5, 0.6) is 11.6 Å². The lowest BCUT2D eigenvalue weighted by atomic mass is 9.97. The van der Waals surface area contributed by atoms with Crippen LogP contribution in [0.25, 0.3) is 22.3 Å². The molecule has 33 heavy (non-hydrogen) atoms. The predicted molar refractivity (Wildman–Crippen MR) is 124 cm³/mol. The first-order valence-corrected chi connectivity index (χ1v) is 10.3. The quantitative estimate of drug-likeness (QED) is 0.468. The third kappa shape index (κ3) is 4.32. The molecule has 0 amide bonds. The summed E-state index contributed by atoms with van der Waals surface area (Å²) in [6, 6.07) is 16.1. The average Bonchev–Trinajstić information content (AvgIpc) is 3.02. The molecule has 8 nitrogen and oxygen atoms in total. The fraction of sp³-hybridized carbons (Fsp3) is 0.240. The van der Waals surface area contributed by atoms with Gasteiger partial charge in [0.05, 0.1) is 22.3 Å². The van der Waals surface area contributed by atoms with E-state index in [1.54, 1.807) is 34.4 Å². The van der Waals surface area contributed by atoms with Crippen molar-refractivity contribution < 1.29 is 4.74 Å². The molecule has 0 spiro atoms. The van der Waals surface area contributed by atoms with Gasteiger partial charge in [-0.2, -0.15) is 10.5 Å². The summed E-state index contributed by atoms with van der Waals surface area (Å²) in [6.45, 7) is 6.85. The molecular weight excluding hydrogens is 416 g/mol. The maximum atomic E-state index is 12.9. The molecule has 3 heterocycles. The lowest BCUT2D eigenvalue weighted by Crippen LogP contribution is -2.27. The number of nitriles is 2. The second kappa shape index (κ2) is 8.25. The summed E-state index contributed by atoms with van der Waals surface area (Å²) < 4.78 is 9.18. The molecule has 0 aliphatic heterocycles. The Labute approximate surface area is 190 Å². The van der Waals surface area contributed by atoms with Crippen molar-refractivity contribution >= 4 is 11.0 Å². The van der Waals surface area contributed by atoms with Crippen LogP contribution in [-0.4, -0.2) is 19.1 Å². The third-order valence-electron chi connectivity index (χ3n) is 5.11. The van der Waals surface area contributed by atoms with E-state index < -0.39 is 0 Å². The van der Waals surface area contributed by atoms with Crippen molar-refractivity contribution in [2.75, 3.05) is 0 Å². The number of rotatable bonds is 4. The molecule has 0 aliphatic carbocycles. The first-order chi connectivity index (χ1) is 15.7. The van der Waals surface area contributed by atoms with Gasteiger partial charge < -0.3 is 4.74 Å². The van der Waals surface area contributed by atoms with Gasteiger partial charge in [0.2, 0.25) is 5.88 Å². The molecule has 0 atom stereocenters. The maximum absolute atomic E-state index is 12.9. The van der Waals surface area contributed by atoms with Crippen molar-refractivity contribution in [2.24, 2.45) is 12.5 Å². The molecule has 0 N–H and O–H groups in total. The van der Waals surface area contributed by atoms with Crippen LogP contribution < -0.4 is 10.4 Å². The Hall–Kier alpha value is -4.43. The van der Waals surface area contributed by atoms with Crippen molar-refractivity contribution in [3.05, 3.63) is 70.4 Å². The Morgan fingerprint density at radius 3 is 2.52 bits per heavy atom. The van der Waals surface area contributed by atoms with E-state index in [1.807, 2.05) is 24.3 Å². The van der Waals surface area contributed by atoms with E-state index in [2.05, 4.69) is 36.8 Å². The topological polar surface area (TPSA) is 110 Å². The summed E-state index contributed by atoms with van der Waals surface area (Å²) in [4.78, 5) is 21.3. The molecule has 4 aromatic rings. The number of imidazole rings is 1. The smallest absolute Gasteiger partial charge is 0.328 e. The number of hydrogen-bond donors (Lipinski definition) is 0. The summed E-state index contributed by atoms with van der Waals surface area (Å²) in [6.07, 6.45) is 1.48. The lowest BCUT2D eigenvalue weighted by Gasteiger charge is -2.18. The third-order valence-corrected chi connectivity index (χ3v) is 5.11. The van der Waals surface area contributed by atoms with Crippen molar-refractivity contribution in [1.82, 2.24) is 19.1 Å². The van der Waals surface area contributed by atoms with Gasteiger partial charge in [0.25, 0.3) is 0 Å². The highest BCUT2D eigenvalue weighted by molar-refractivity contribution is 5.83. The lowest BCUT2D eigenvalue weighted by molar-refractivity contribution is 0.342. The normalized spacial score (nSPS) is 11.2. The molecule has 164 valence electrons. The second-order valence-electron chi connectivity index (χ2n) is 8.94. The van der Waals surface area contributed by atoms with Gasteiger partial charge >= 0.3 is 5.69 Å².